The maximum atomic E-state index is 12.6. The summed E-state index contributed by atoms with van der Waals surface area (Å²) in [7, 11) is 0. The van der Waals surface area contributed by atoms with Crippen molar-refractivity contribution in [3.8, 4) is 0 Å². The number of carbonyl (C=O) groups is 1. The monoisotopic (exact) mass is 335 g/mol. The van der Waals surface area contributed by atoms with Crippen LogP contribution in [0.5, 0.6) is 0 Å². The summed E-state index contributed by atoms with van der Waals surface area (Å²) in [5.74, 6) is -0.123. The summed E-state index contributed by atoms with van der Waals surface area (Å²) in [4.78, 5) is 26.0. The average molecular weight is 335 g/mol. The Kier molecular flexibility index (Phi) is 4.54. The fourth-order valence-electron chi connectivity index (χ4n) is 2.90. The standard InChI is InChI=1S/C15H21N5O4/c1-9-11(15(24)17-16-9)6-14(23)19-3-2-4-20-10(7-19)5-12(18-20)13(22)8-21/h5,13,21-22H,2-4,6-8H2,1H3,(H2,16,17,24). The minimum absolute atomic E-state index is 0.0466. The zero-order valence-electron chi connectivity index (χ0n) is 13.4. The third kappa shape index (κ3) is 3.13. The van der Waals surface area contributed by atoms with Crippen molar-refractivity contribution >= 4 is 5.91 Å². The molecule has 3 rings (SSSR count). The minimum Gasteiger partial charge on any atom is -0.393 e. The molecule has 0 spiro atoms. The Labute approximate surface area is 137 Å². The van der Waals surface area contributed by atoms with Crippen LogP contribution in [0.1, 0.15) is 35.2 Å². The van der Waals surface area contributed by atoms with E-state index in [-0.39, 0.29) is 17.9 Å². The molecule has 0 aliphatic carbocycles. The fourth-order valence-corrected chi connectivity index (χ4v) is 2.90. The van der Waals surface area contributed by atoms with Gasteiger partial charge in [-0.05, 0) is 19.4 Å². The number of nitrogens with zero attached hydrogens (tertiary/aromatic N) is 3. The molecule has 130 valence electrons. The Morgan fingerprint density at radius 1 is 1.42 bits per heavy atom. The van der Waals surface area contributed by atoms with E-state index in [4.69, 9.17) is 5.11 Å². The van der Waals surface area contributed by atoms with Gasteiger partial charge in [0.25, 0.3) is 5.56 Å². The quantitative estimate of drug-likeness (QED) is 0.582. The maximum absolute atomic E-state index is 12.6. The molecule has 1 amide bonds. The molecule has 3 heterocycles. The molecule has 1 atom stereocenters. The highest BCUT2D eigenvalue weighted by Crippen LogP contribution is 2.18. The van der Waals surface area contributed by atoms with Gasteiger partial charge in [-0.1, -0.05) is 0 Å². The predicted molar refractivity (Wildman–Crippen MR) is 84.2 cm³/mol. The van der Waals surface area contributed by atoms with Gasteiger partial charge in [-0.25, -0.2) is 0 Å². The summed E-state index contributed by atoms with van der Waals surface area (Å²) in [6.07, 6.45) is -0.239. The third-order valence-electron chi connectivity index (χ3n) is 4.32. The van der Waals surface area contributed by atoms with E-state index in [2.05, 4.69) is 15.3 Å². The molecule has 0 radical (unpaired) electrons. The Hall–Kier alpha value is -2.39. The Morgan fingerprint density at radius 2 is 2.21 bits per heavy atom. The predicted octanol–water partition coefficient (Wildman–Crippen LogP) is -0.791. The number of fused-ring (bicyclic) bond motifs is 1. The number of hydrogen-bond donors (Lipinski definition) is 4. The van der Waals surface area contributed by atoms with Crippen molar-refractivity contribution in [1.82, 2.24) is 24.9 Å². The molecular formula is C15H21N5O4. The number of hydrogen-bond acceptors (Lipinski definition) is 5. The lowest BCUT2D eigenvalue weighted by Crippen LogP contribution is -2.33. The first-order valence-corrected chi connectivity index (χ1v) is 7.89. The van der Waals surface area contributed by atoms with E-state index < -0.39 is 12.7 Å². The van der Waals surface area contributed by atoms with Crippen LogP contribution >= 0.6 is 0 Å². The van der Waals surface area contributed by atoms with Gasteiger partial charge in [0.05, 0.1) is 31.0 Å². The molecule has 9 nitrogen and oxygen atoms in total. The molecule has 4 N–H and O–H groups in total. The Morgan fingerprint density at radius 3 is 2.88 bits per heavy atom. The van der Waals surface area contributed by atoms with Crippen LogP contribution < -0.4 is 5.56 Å². The van der Waals surface area contributed by atoms with Gasteiger partial charge in [-0.3, -0.25) is 19.4 Å². The topological polar surface area (TPSA) is 127 Å². The van der Waals surface area contributed by atoms with Crippen LogP contribution in [-0.4, -0.2) is 54.1 Å². The first kappa shape index (κ1) is 16.5. The number of rotatable bonds is 4. The Balaban J connectivity index is 1.76. The van der Waals surface area contributed by atoms with E-state index in [1.54, 1.807) is 22.6 Å². The summed E-state index contributed by atoms with van der Waals surface area (Å²) in [6.45, 7) is 2.95. The fraction of sp³-hybridized carbons (Fsp3) is 0.533. The van der Waals surface area contributed by atoms with E-state index >= 15 is 0 Å². The highest BCUT2D eigenvalue weighted by atomic mass is 16.3. The molecule has 0 bridgehead atoms. The molecule has 2 aromatic heterocycles. The molecule has 1 unspecified atom stereocenters. The molecule has 1 aliphatic heterocycles. The van der Waals surface area contributed by atoms with Crippen LogP contribution in [0.2, 0.25) is 0 Å². The number of aromatic nitrogens is 4. The van der Waals surface area contributed by atoms with Crippen molar-refractivity contribution in [2.75, 3.05) is 13.2 Å². The van der Waals surface area contributed by atoms with E-state index in [1.165, 1.54) is 0 Å². The highest BCUT2D eigenvalue weighted by Gasteiger charge is 2.23. The molecule has 1 aliphatic rings. The molecule has 24 heavy (non-hydrogen) atoms. The molecule has 9 heteroatoms. The Bertz CT molecular complexity index is 790. The van der Waals surface area contributed by atoms with Crippen LogP contribution in [-0.2, 0) is 24.3 Å². The number of aromatic amines is 2. The van der Waals surface area contributed by atoms with Gasteiger partial charge in [0.1, 0.15) is 6.10 Å². The van der Waals surface area contributed by atoms with Gasteiger partial charge in [-0.2, -0.15) is 5.10 Å². The van der Waals surface area contributed by atoms with Crippen molar-refractivity contribution < 1.29 is 15.0 Å². The van der Waals surface area contributed by atoms with Gasteiger partial charge in [-0.15, -0.1) is 0 Å². The van der Waals surface area contributed by atoms with Gasteiger partial charge < -0.3 is 20.2 Å². The van der Waals surface area contributed by atoms with Crippen molar-refractivity contribution in [2.45, 2.75) is 39.0 Å². The molecule has 0 saturated heterocycles. The number of nitrogens with one attached hydrogen (secondary N) is 2. The summed E-state index contributed by atoms with van der Waals surface area (Å²) >= 11 is 0. The summed E-state index contributed by atoms with van der Waals surface area (Å²) in [5, 5.41) is 28.2. The molecule has 0 aromatic carbocycles. The second kappa shape index (κ2) is 6.62. The van der Waals surface area contributed by atoms with Crippen LogP contribution in [0.4, 0.5) is 0 Å². The van der Waals surface area contributed by atoms with Crippen molar-refractivity contribution in [1.29, 1.82) is 0 Å². The first-order valence-electron chi connectivity index (χ1n) is 7.89. The van der Waals surface area contributed by atoms with Crippen LogP contribution in [0.15, 0.2) is 10.9 Å². The normalized spacial score (nSPS) is 15.9. The van der Waals surface area contributed by atoms with Crippen molar-refractivity contribution in [3.63, 3.8) is 0 Å². The third-order valence-corrected chi connectivity index (χ3v) is 4.32. The lowest BCUT2D eigenvalue weighted by atomic mass is 10.1. The van der Waals surface area contributed by atoms with Crippen LogP contribution in [0.25, 0.3) is 0 Å². The number of amides is 1. The lowest BCUT2D eigenvalue weighted by Gasteiger charge is -2.19. The van der Waals surface area contributed by atoms with Crippen LogP contribution in [0.3, 0.4) is 0 Å². The average Bonchev–Trinajstić information content (AvgIpc) is 3.04. The lowest BCUT2D eigenvalue weighted by molar-refractivity contribution is -0.131. The second-order valence-corrected chi connectivity index (χ2v) is 6.01. The number of aryl methyl sites for hydroxylation is 2. The number of aliphatic hydroxyl groups excluding tert-OH is 2. The largest absolute Gasteiger partial charge is 0.393 e. The SMILES string of the molecule is Cc1[nH][nH]c(=O)c1CC(=O)N1CCCn2nc(C(O)CO)cc2C1. The molecular weight excluding hydrogens is 314 g/mol. The summed E-state index contributed by atoms with van der Waals surface area (Å²) in [5.41, 5.74) is 2.06. The zero-order valence-corrected chi connectivity index (χ0v) is 13.4. The van der Waals surface area contributed by atoms with Gasteiger partial charge in [0.15, 0.2) is 0 Å². The van der Waals surface area contributed by atoms with E-state index in [0.29, 0.717) is 36.6 Å². The smallest absolute Gasteiger partial charge is 0.267 e. The van der Waals surface area contributed by atoms with Gasteiger partial charge in [0, 0.05) is 24.3 Å². The van der Waals surface area contributed by atoms with Gasteiger partial charge >= 0.3 is 0 Å². The van der Waals surface area contributed by atoms with Gasteiger partial charge in [0.2, 0.25) is 5.91 Å². The second-order valence-electron chi connectivity index (χ2n) is 6.01. The molecule has 0 saturated carbocycles. The highest BCUT2D eigenvalue weighted by molar-refractivity contribution is 5.79. The number of carbonyl (C=O) groups excluding carboxylic acids is 1. The van der Waals surface area contributed by atoms with E-state index in [1.807, 2.05) is 0 Å². The van der Waals surface area contributed by atoms with E-state index in [0.717, 1.165) is 12.1 Å². The molecule has 0 fully saturated rings. The number of H-pyrrole nitrogens is 2. The number of aliphatic hydroxyl groups is 2. The van der Waals surface area contributed by atoms with Crippen molar-refractivity contribution in [3.05, 3.63) is 39.1 Å². The molecule has 2 aromatic rings. The van der Waals surface area contributed by atoms with Crippen LogP contribution in [0, 0.1) is 6.92 Å². The minimum atomic E-state index is -1.02. The maximum Gasteiger partial charge on any atom is 0.267 e. The first-order chi connectivity index (χ1) is 11.5. The summed E-state index contributed by atoms with van der Waals surface area (Å²) < 4.78 is 1.76. The van der Waals surface area contributed by atoms with E-state index in [9.17, 15) is 14.7 Å². The summed E-state index contributed by atoms with van der Waals surface area (Å²) in [6, 6.07) is 1.71. The zero-order chi connectivity index (χ0) is 17.3. The van der Waals surface area contributed by atoms with Crippen molar-refractivity contribution in [2.24, 2.45) is 0 Å².